The quantitative estimate of drug-likeness (QED) is 0.0155. The van der Waals surface area contributed by atoms with Crippen molar-refractivity contribution >= 4 is 120 Å². The van der Waals surface area contributed by atoms with Crippen LogP contribution in [0.15, 0.2) is 252 Å². The summed E-state index contributed by atoms with van der Waals surface area (Å²) in [5.74, 6) is 3.03. The number of H-pyrrole nitrogens is 1. The van der Waals surface area contributed by atoms with Crippen LogP contribution in [0.1, 0.15) is 207 Å². The summed E-state index contributed by atoms with van der Waals surface area (Å²) in [6, 6.07) is 83.1. The van der Waals surface area contributed by atoms with E-state index in [1.807, 2.05) is 169 Å². The summed E-state index contributed by atoms with van der Waals surface area (Å²) in [7, 11) is 7.00. The van der Waals surface area contributed by atoms with Gasteiger partial charge in [-0.15, -0.1) is 22.7 Å². The molecule has 756 valence electrons. The molecular weight excluding hydrogens is 1770 g/mol. The molecule has 0 aliphatic carbocycles. The number of aliphatic hydroxyl groups excluding tert-OH is 7. The molecule has 31 heteroatoms. The summed E-state index contributed by atoms with van der Waals surface area (Å²) < 4.78 is 20.7. The van der Waals surface area contributed by atoms with Gasteiger partial charge in [0, 0.05) is 125 Å². The van der Waals surface area contributed by atoms with Crippen LogP contribution >= 0.6 is 22.7 Å². The van der Waals surface area contributed by atoms with E-state index in [1.165, 1.54) is 110 Å². The Morgan fingerprint density at radius 3 is 1.32 bits per heavy atom. The molecule has 0 bridgehead atoms. The molecule has 0 radical (unpaired) electrons. The van der Waals surface area contributed by atoms with Crippen LogP contribution in [0.3, 0.4) is 0 Å². The number of hydrogen-bond donors (Lipinski definition) is 23. The summed E-state index contributed by atoms with van der Waals surface area (Å²) in [4.78, 5) is 38.2. The SMILES string of the molecule is CCC(C)(C)C(=O)OCCc1ccccc1.CCC(C)(C)C(=O)Oc1ccccc1.CCC(C)C(=O)Nc1ccccc1.CCC(C)c1ccc2c(c1)oc1ccccc12.CCC(C)c1ccc2sccc2c1.CCC(C)c1cccc2[nH]c3ccccc3c12.CCC(C)c1cccc2c1sc1ccccc12.CO.CO.CO.CO.CO.CO.CO.OO.OO.OO.OO.OO.OO.OO. The summed E-state index contributed by atoms with van der Waals surface area (Å²) >= 11 is 3.75. The van der Waals surface area contributed by atoms with E-state index in [4.69, 9.17) is 123 Å². The standard InChI is InChI=1S/C16H17N.C16H16O.C16H16S.C14H20O2.C12H16O2.C12H14S.C11H15NO.7CH4O.7H2O2/c1-3-11(2)12-8-6-10-15-16(12)13-7-4-5-9-14(13)17-15;1-3-11(2)12-8-9-14-13-6-4-5-7-15(13)17-16(14)10-12;1-3-11(2)12-8-6-9-14-13-7-4-5-10-15(13)17-16(12)14;1-4-14(2,3)13(15)16-11-10-12-8-6-5-7-9-12;1-4-12(2,3)11(13)14-10-8-6-5-7-9-10;1-3-9(2)10-4-5-12-11(8-10)6-7-13-12;1-3-9(2)11(13)12-10-7-5-4-6-8-10;14*1-2/h4-11,17H,3H2,1-2H3;2*4-11H,3H2,1-2H3;5-9H,4,10-11H2,1-3H3;5-9H,4H2,1-3H3;4-9H,3H2,1-2H3;4-9H,3H2,1-2H3,(H,12,13);7*2H,1H3;7*1-2H. The number of fused-ring (bicyclic) bond motifs is 10. The van der Waals surface area contributed by atoms with Crippen molar-refractivity contribution in [3.63, 3.8) is 0 Å². The lowest BCUT2D eigenvalue weighted by molar-refractivity contribution is -0.176. The van der Waals surface area contributed by atoms with E-state index < -0.39 is 5.41 Å². The minimum Gasteiger partial charge on any atom is -0.465 e. The number of anilines is 1. The number of hydrogen-bond acceptors (Lipinski definition) is 29. The van der Waals surface area contributed by atoms with Crippen LogP contribution < -0.4 is 10.1 Å². The zero-order chi connectivity index (χ0) is 105. The number of carbonyl (C=O) groups is 3. The number of aromatic nitrogens is 1. The van der Waals surface area contributed by atoms with Crippen LogP contribution in [0.2, 0.25) is 0 Å². The molecule has 14 rings (SSSR count). The second-order valence-corrected chi connectivity index (χ2v) is 31.3. The Labute approximate surface area is 804 Å². The summed E-state index contributed by atoms with van der Waals surface area (Å²) in [5.41, 5.74) is 11.6. The molecule has 0 saturated heterocycles. The number of para-hydroxylation sites is 4. The number of carbonyl (C=O) groups excluding carboxylic acids is 3. The van der Waals surface area contributed by atoms with Gasteiger partial charge in [0.1, 0.15) is 16.9 Å². The molecule has 5 atom stereocenters. The van der Waals surface area contributed by atoms with Gasteiger partial charge in [0.25, 0.3) is 0 Å². The fourth-order valence-electron chi connectivity index (χ4n) is 11.8. The number of rotatable bonds is 19. The minimum atomic E-state index is -0.407. The van der Waals surface area contributed by atoms with Crippen LogP contribution in [0.25, 0.3) is 74.0 Å². The molecule has 0 spiro atoms. The molecule has 0 aliphatic rings. The maximum atomic E-state index is 11.7. The number of benzene rings is 10. The lowest BCUT2D eigenvalue weighted by atomic mass is 9.91. The summed E-state index contributed by atoms with van der Waals surface area (Å²) in [6.07, 6.45) is 7.99. The molecular formula is C104H156N2O27S2. The predicted octanol–water partition coefficient (Wildman–Crippen LogP) is 26.2. The van der Waals surface area contributed by atoms with Crippen LogP contribution in [0.4, 0.5) is 5.69 Å². The molecule has 0 aliphatic heterocycles. The van der Waals surface area contributed by atoms with Crippen LogP contribution in [0.5, 0.6) is 5.75 Å². The number of thiophene rings is 2. The number of ether oxygens (including phenoxy) is 2. The second kappa shape index (κ2) is 87.6. The fourth-order valence-corrected chi connectivity index (χ4v) is 13.9. The van der Waals surface area contributed by atoms with E-state index in [0.29, 0.717) is 36.0 Å². The number of aliphatic hydroxyl groups is 7. The first-order valence-corrected chi connectivity index (χ1v) is 44.9. The normalized spacial score (nSPS) is 10.6. The van der Waals surface area contributed by atoms with Crippen molar-refractivity contribution in [3.8, 4) is 5.75 Å². The highest BCUT2D eigenvalue weighted by molar-refractivity contribution is 7.26. The number of esters is 2. The van der Waals surface area contributed by atoms with E-state index in [2.05, 4.69) is 211 Å². The van der Waals surface area contributed by atoms with Crippen molar-refractivity contribution in [1.29, 1.82) is 0 Å². The van der Waals surface area contributed by atoms with Crippen molar-refractivity contribution in [2.45, 2.75) is 186 Å². The van der Waals surface area contributed by atoms with E-state index in [1.54, 1.807) is 12.1 Å². The zero-order valence-electron chi connectivity index (χ0n) is 82.6. The molecule has 135 heavy (non-hydrogen) atoms. The van der Waals surface area contributed by atoms with Crippen molar-refractivity contribution < 1.29 is 138 Å². The van der Waals surface area contributed by atoms with Crippen molar-refractivity contribution in [2.24, 2.45) is 16.7 Å². The van der Waals surface area contributed by atoms with Gasteiger partial charge in [-0.05, 0) is 202 Å². The van der Waals surface area contributed by atoms with E-state index >= 15 is 0 Å². The number of nitrogens with one attached hydrogen (secondary N) is 2. The number of furan rings is 1. The highest BCUT2D eigenvalue weighted by atomic mass is 32.1. The zero-order valence-corrected chi connectivity index (χ0v) is 84.2. The first kappa shape index (κ1) is 138. The first-order valence-electron chi connectivity index (χ1n) is 43.2. The van der Waals surface area contributed by atoms with E-state index in [-0.39, 0.29) is 29.2 Å². The monoisotopic (exact) mass is 1930 g/mol. The Morgan fingerprint density at radius 2 is 0.800 bits per heavy atom. The number of amides is 1. The molecule has 5 unspecified atom stereocenters. The topological polar surface area (TPSA) is 535 Å². The Bertz CT molecular complexity index is 5100. The molecule has 10 aromatic carbocycles. The van der Waals surface area contributed by atoms with Gasteiger partial charge < -0.3 is 59.9 Å². The lowest BCUT2D eigenvalue weighted by Gasteiger charge is -2.20. The fraction of sp³-hybridized carbons (Fsp3) is 0.375. The molecule has 4 heterocycles. The van der Waals surface area contributed by atoms with E-state index in [0.717, 1.165) is 98.7 Å². The highest BCUT2D eigenvalue weighted by Gasteiger charge is 2.28. The van der Waals surface area contributed by atoms with Gasteiger partial charge in [-0.2, -0.15) is 0 Å². The van der Waals surface area contributed by atoms with E-state index in [9.17, 15) is 14.4 Å². The van der Waals surface area contributed by atoms with Crippen molar-refractivity contribution in [1.82, 2.24) is 4.98 Å². The first-order chi connectivity index (χ1) is 65.6. The Morgan fingerprint density at radius 1 is 0.385 bits per heavy atom. The van der Waals surface area contributed by atoms with Gasteiger partial charge in [-0.3, -0.25) is 88.0 Å². The average molecular weight is 1930 g/mol. The largest absolute Gasteiger partial charge is 0.465 e. The van der Waals surface area contributed by atoms with Crippen molar-refractivity contribution in [3.05, 3.63) is 276 Å². The highest BCUT2D eigenvalue weighted by Crippen LogP contribution is 2.40. The average Bonchev–Trinajstić information content (AvgIpc) is 1.63. The predicted molar refractivity (Wildman–Crippen MR) is 555 cm³/mol. The van der Waals surface area contributed by atoms with Crippen LogP contribution in [-0.2, 0) is 25.5 Å². The van der Waals surface area contributed by atoms with Crippen LogP contribution in [0, 0.1) is 16.7 Å². The smallest absolute Gasteiger partial charge is 0.316 e. The van der Waals surface area contributed by atoms with Gasteiger partial charge in [0.05, 0.1) is 17.4 Å². The van der Waals surface area contributed by atoms with Crippen molar-refractivity contribution in [2.75, 3.05) is 61.7 Å². The molecule has 14 aromatic rings. The Balaban J connectivity index is -0.000000271. The third kappa shape index (κ3) is 49.2. The van der Waals surface area contributed by atoms with Gasteiger partial charge >= 0.3 is 11.9 Å². The molecule has 0 saturated carbocycles. The molecule has 4 aromatic heterocycles. The molecule has 1 amide bonds. The summed E-state index contributed by atoms with van der Waals surface area (Å²) in [5, 5.41) is 147. The maximum Gasteiger partial charge on any atom is 0.316 e. The van der Waals surface area contributed by atoms with Gasteiger partial charge in [0.2, 0.25) is 5.91 Å². The third-order valence-electron chi connectivity index (χ3n) is 20.9. The molecule has 29 nitrogen and oxygen atoms in total. The maximum absolute atomic E-state index is 11.7. The Kier molecular flexibility index (Phi) is 89.3. The molecule has 0 fully saturated rings. The van der Waals surface area contributed by atoms with Gasteiger partial charge in [0.15, 0.2) is 0 Å². The van der Waals surface area contributed by atoms with Gasteiger partial charge in [-0.1, -0.05) is 259 Å². The Hall–Kier alpha value is -10.4. The minimum absolute atomic E-state index is 0.0835. The summed E-state index contributed by atoms with van der Waals surface area (Å²) in [6.45, 7) is 34.1. The van der Waals surface area contributed by atoms with Gasteiger partial charge in [-0.25, -0.2) is 0 Å². The number of aromatic amines is 1. The van der Waals surface area contributed by atoms with Crippen LogP contribution in [-0.4, -0.2) is 189 Å². The third-order valence-corrected chi connectivity index (χ3v) is 23.1. The molecule has 23 N–H and O–H groups in total. The lowest BCUT2D eigenvalue weighted by Crippen LogP contribution is -2.28. The second-order valence-electron chi connectivity index (χ2n) is 29.3.